The molecule has 3 rings (SSSR count). The Morgan fingerprint density at radius 2 is 1.87 bits per heavy atom. The van der Waals surface area contributed by atoms with Crippen LogP contribution in [0.4, 0.5) is 11.4 Å². The molecule has 1 heterocycles. The monoisotopic (exact) mass is 449 g/mol. The molecule has 0 aliphatic rings. The van der Waals surface area contributed by atoms with Crippen molar-refractivity contribution in [1.82, 2.24) is 4.57 Å². The molecule has 0 aliphatic heterocycles. The fourth-order valence-electron chi connectivity index (χ4n) is 2.89. The number of aromatic nitrogens is 1. The first-order valence-electron chi connectivity index (χ1n) is 9.18. The molecule has 0 bridgehead atoms. The van der Waals surface area contributed by atoms with Crippen LogP contribution in [0.1, 0.15) is 19.9 Å². The molecule has 8 nitrogen and oxygen atoms in total. The third-order valence-electron chi connectivity index (χ3n) is 4.48. The van der Waals surface area contributed by atoms with E-state index < -0.39 is 10.0 Å². The maximum Gasteiger partial charge on any atom is 0.308 e. The molecule has 3 aromatic rings. The fourth-order valence-corrected chi connectivity index (χ4v) is 4.45. The van der Waals surface area contributed by atoms with E-state index in [0.717, 1.165) is 32.1 Å². The number of hydrogen-bond donors (Lipinski definition) is 1. The summed E-state index contributed by atoms with van der Waals surface area (Å²) in [5.41, 5.74) is 1.92. The van der Waals surface area contributed by atoms with Gasteiger partial charge in [0.1, 0.15) is 5.75 Å². The van der Waals surface area contributed by atoms with E-state index in [4.69, 9.17) is 4.74 Å². The Hall–Kier alpha value is -2.85. The SMILES string of the molecule is CC(C)n1c(=O)sc2cc(NC(=O)COc3ccc(N(C)S(C)(=O)=O)cc3)ccc21. The number of hydrogen-bond acceptors (Lipinski definition) is 6. The molecule has 0 spiro atoms. The van der Waals surface area contributed by atoms with Crippen LogP contribution < -0.4 is 19.2 Å². The van der Waals surface area contributed by atoms with E-state index in [-0.39, 0.29) is 23.4 Å². The van der Waals surface area contributed by atoms with Gasteiger partial charge >= 0.3 is 4.87 Å². The van der Waals surface area contributed by atoms with Gasteiger partial charge in [0.15, 0.2) is 6.61 Å². The summed E-state index contributed by atoms with van der Waals surface area (Å²) in [5, 5.41) is 2.76. The highest BCUT2D eigenvalue weighted by Gasteiger charge is 2.13. The summed E-state index contributed by atoms with van der Waals surface area (Å²) in [6, 6.07) is 11.8. The minimum atomic E-state index is -3.34. The molecule has 0 fully saturated rings. The van der Waals surface area contributed by atoms with E-state index >= 15 is 0 Å². The molecule has 0 atom stereocenters. The summed E-state index contributed by atoms with van der Waals surface area (Å²) >= 11 is 1.14. The average molecular weight is 450 g/mol. The first-order chi connectivity index (χ1) is 14.1. The number of benzene rings is 2. The molecular formula is C20H23N3O5S2. The van der Waals surface area contributed by atoms with Crippen LogP contribution in [0.2, 0.25) is 0 Å². The lowest BCUT2D eigenvalue weighted by Crippen LogP contribution is -2.24. The van der Waals surface area contributed by atoms with Crippen LogP contribution in [-0.2, 0) is 14.8 Å². The summed E-state index contributed by atoms with van der Waals surface area (Å²) in [6.45, 7) is 3.70. The number of carbonyl (C=O) groups excluding carboxylic acids is 1. The standard InChI is InChI=1S/C20H23N3O5S2/c1-13(2)23-17-10-5-14(11-18(17)29-20(23)25)21-19(24)12-28-16-8-6-15(7-9-16)22(3)30(4,26)27/h5-11,13H,12H2,1-4H3,(H,21,24). The number of carbonyl (C=O) groups is 1. The van der Waals surface area contributed by atoms with Crippen molar-refractivity contribution in [3.63, 3.8) is 0 Å². The van der Waals surface area contributed by atoms with Crippen molar-refractivity contribution in [3.8, 4) is 5.75 Å². The van der Waals surface area contributed by atoms with Gasteiger partial charge in [-0.2, -0.15) is 0 Å². The lowest BCUT2D eigenvalue weighted by Gasteiger charge is -2.16. The van der Waals surface area contributed by atoms with Crippen LogP contribution in [0.3, 0.4) is 0 Å². The van der Waals surface area contributed by atoms with Crippen molar-refractivity contribution in [3.05, 3.63) is 52.1 Å². The van der Waals surface area contributed by atoms with Gasteiger partial charge in [0.05, 0.1) is 22.2 Å². The van der Waals surface area contributed by atoms with Gasteiger partial charge in [0.2, 0.25) is 10.0 Å². The second-order valence-corrected chi connectivity index (χ2v) is 10.1. The van der Waals surface area contributed by atoms with Crippen LogP contribution in [0.5, 0.6) is 5.75 Å². The first kappa shape index (κ1) is 21.8. The highest BCUT2D eigenvalue weighted by atomic mass is 32.2. The predicted octanol–water partition coefficient (Wildman–Crippen LogP) is 3.06. The van der Waals surface area contributed by atoms with Crippen LogP contribution in [0.15, 0.2) is 47.3 Å². The van der Waals surface area contributed by atoms with E-state index in [9.17, 15) is 18.0 Å². The highest BCUT2D eigenvalue weighted by molar-refractivity contribution is 7.92. The van der Waals surface area contributed by atoms with Crippen molar-refractivity contribution in [2.75, 3.05) is 29.5 Å². The van der Waals surface area contributed by atoms with Gasteiger partial charge < -0.3 is 10.1 Å². The fraction of sp³-hybridized carbons (Fsp3) is 0.300. The number of nitrogens with zero attached hydrogens (tertiary/aromatic N) is 2. The Bertz CT molecular complexity index is 1230. The Morgan fingerprint density at radius 1 is 1.20 bits per heavy atom. The Morgan fingerprint density at radius 3 is 2.47 bits per heavy atom. The van der Waals surface area contributed by atoms with E-state index in [1.54, 1.807) is 41.0 Å². The van der Waals surface area contributed by atoms with E-state index in [0.29, 0.717) is 17.1 Å². The number of anilines is 2. The predicted molar refractivity (Wildman–Crippen MR) is 120 cm³/mol. The highest BCUT2D eigenvalue weighted by Crippen LogP contribution is 2.24. The molecule has 2 aromatic carbocycles. The minimum absolute atomic E-state index is 0.0308. The molecule has 0 saturated carbocycles. The van der Waals surface area contributed by atoms with Gasteiger partial charge in [0.25, 0.3) is 5.91 Å². The zero-order valence-corrected chi connectivity index (χ0v) is 18.7. The van der Waals surface area contributed by atoms with Crippen LogP contribution in [0, 0.1) is 0 Å². The second kappa shape index (κ2) is 8.49. The van der Waals surface area contributed by atoms with Gasteiger partial charge in [-0.15, -0.1) is 0 Å². The lowest BCUT2D eigenvalue weighted by molar-refractivity contribution is -0.118. The van der Waals surface area contributed by atoms with Crippen molar-refractivity contribution < 1.29 is 17.9 Å². The largest absolute Gasteiger partial charge is 0.484 e. The first-order valence-corrected chi connectivity index (χ1v) is 11.8. The van der Waals surface area contributed by atoms with Crippen molar-refractivity contribution in [1.29, 1.82) is 0 Å². The molecule has 0 aliphatic carbocycles. The number of sulfonamides is 1. The summed E-state index contributed by atoms with van der Waals surface area (Å²) in [6.07, 6.45) is 1.12. The number of fused-ring (bicyclic) bond motifs is 1. The van der Waals surface area contributed by atoms with Crippen molar-refractivity contribution >= 4 is 48.9 Å². The molecule has 30 heavy (non-hydrogen) atoms. The summed E-state index contributed by atoms with van der Waals surface area (Å²) in [7, 11) is -1.88. The molecule has 160 valence electrons. The van der Waals surface area contributed by atoms with Gasteiger partial charge in [-0.25, -0.2) is 8.42 Å². The maximum atomic E-state index is 12.2. The summed E-state index contributed by atoms with van der Waals surface area (Å²) in [4.78, 5) is 24.3. The topological polar surface area (TPSA) is 97.7 Å². The van der Waals surface area contributed by atoms with Crippen LogP contribution >= 0.6 is 11.3 Å². The number of rotatable bonds is 7. The molecule has 1 amide bonds. The lowest BCUT2D eigenvalue weighted by atomic mass is 10.2. The Labute approximate surface area is 178 Å². The zero-order valence-electron chi connectivity index (χ0n) is 17.1. The molecule has 0 saturated heterocycles. The van der Waals surface area contributed by atoms with E-state index in [1.807, 2.05) is 19.9 Å². The zero-order chi connectivity index (χ0) is 22.1. The normalized spacial score (nSPS) is 11.6. The maximum absolute atomic E-state index is 12.2. The third kappa shape index (κ3) is 4.82. The number of ether oxygens (including phenoxy) is 1. The molecule has 10 heteroatoms. The molecule has 0 radical (unpaired) electrons. The molecule has 0 unspecified atom stereocenters. The van der Waals surface area contributed by atoms with Crippen LogP contribution in [-0.4, -0.2) is 38.8 Å². The van der Waals surface area contributed by atoms with Gasteiger partial charge in [-0.05, 0) is 56.3 Å². The van der Waals surface area contributed by atoms with Gasteiger partial charge in [-0.1, -0.05) is 11.3 Å². The van der Waals surface area contributed by atoms with Gasteiger partial charge in [0, 0.05) is 18.8 Å². The van der Waals surface area contributed by atoms with Crippen molar-refractivity contribution in [2.24, 2.45) is 0 Å². The average Bonchev–Trinajstić information content (AvgIpc) is 3.00. The number of amides is 1. The Kier molecular flexibility index (Phi) is 6.18. The van der Waals surface area contributed by atoms with E-state index in [2.05, 4.69) is 5.32 Å². The summed E-state index contributed by atoms with van der Waals surface area (Å²) < 4.78 is 32.3. The molecule has 1 aromatic heterocycles. The molecular weight excluding hydrogens is 426 g/mol. The number of thiazole rings is 1. The molecule has 1 N–H and O–H groups in total. The van der Waals surface area contributed by atoms with Crippen molar-refractivity contribution in [2.45, 2.75) is 19.9 Å². The van der Waals surface area contributed by atoms with Gasteiger partial charge in [-0.3, -0.25) is 18.5 Å². The summed E-state index contributed by atoms with van der Waals surface area (Å²) in [5.74, 6) is 0.0980. The minimum Gasteiger partial charge on any atom is -0.484 e. The third-order valence-corrected chi connectivity index (χ3v) is 6.61. The van der Waals surface area contributed by atoms with E-state index in [1.165, 1.54) is 7.05 Å². The second-order valence-electron chi connectivity index (χ2n) is 7.08. The Balaban J connectivity index is 1.63. The quantitative estimate of drug-likeness (QED) is 0.598. The van der Waals surface area contributed by atoms with Crippen LogP contribution in [0.25, 0.3) is 10.2 Å². The number of nitrogens with one attached hydrogen (secondary N) is 1. The smallest absolute Gasteiger partial charge is 0.308 e.